The van der Waals surface area contributed by atoms with E-state index in [2.05, 4.69) is 29.6 Å². The molecule has 4 N–H and O–H groups in total. The van der Waals surface area contributed by atoms with Gasteiger partial charge in [-0.25, -0.2) is 0 Å². The summed E-state index contributed by atoms with van der Waals surface area (Å²) in [6.07, 6.45) is 4.48. The first kappa shape index (κ1) is 18.4. The summed E-state index contributed by atoms with van der Waals surface area (Å²) in [5.74, 6) is -0.842. The van der Waals surface area contributed by atoms with Crippen LogP contribution in [-0.2, 0) is 9.59 Å². The predicted octanol–water partition coefficient (Wildman–Crippen LogP) is 1.21. The third kappa shape index (κ3) is 4.98. The molecule has 4 atom stereocenters. The molecule has 0 unspecified atom stereocenters. The first-order chi connectivity index (χ1) is 10.4. The summed E-state index contributed by atoms with van der Waals surface area (Å²) < 4.78 is 0. The Balaban J connectivity index is 2.93. The zero-order valence-electron chi connectivity index (χ0n) is 13.5. The van der Waals surface area contributed by atoms with Crippen molar-refractivity contribution in [2.45, 2.75) is 64.6 Å². The second-order valence-corrected chi connectivity index (χ2v) is 5.97. The summed E-state index contributed by atoms with van der Waals surface area (Å²) in [5, 5.41) is 27.1. The Morgan fingerprint density at radius 2 is 2.05 bits per heavy atom. The van der Waals surface area contributed by atoms with Crippen LogP contribution in [0.5, 0.6) is 0 Å². The van der Waals surface area contributed by atoms with Crippen molar-refractivity contribution in [3.05, 3.63) is 0 Å². The molecule has 0 saturated carbocycles. The third-order valence-electron chi connectivity index (χ3n) is 4.48. The van der Waals surface area contributed by atoms with Gasteiger partial charge in [-0.15, -0.1) is 5.16 Å². The molecule has 7 heteroatoms. The lowest BCUT2D eigenvalue weighted by Crippen LogP contribution is -2.52. The lowest BCUT2D eigenvalue weighted by molar-refractivity contribution is -0.139. The molecule has 0 aromatic heterocycles. The van der Waals surface area contributed by atoms with Gasteiger partial charge in [-0.1, -0.05) is 26.7 Å². The second kappa shape index (κ2) is 8.73. The van der Waals surface area contributed by atoms with E-state index in [0.717, 1.165) is 19.3 Å². The molecule has 1 heterocycles. The molecule has 7 nitrogen and oxygen atoms in total. The Hall–Kier alpha value is -1.63. The minimum Gasteiger partial charge on any atom is -0.480 e. The molecule has 0 aromatic carbocycles. The van der Waals surface area contributed by atoms with E-state index >= 15 is 0 Å². The average molecular weight is 313 g/mol. The molecule has 1 amide bonds. The molecule has 1 saturated heterocycles. The van der Waals surface area contributed by atoms with Crippen LogP contribution in [0.4, 0.5) is 0 Å². The van der Waals surface area contributed by atoms with E-state index in [1.165, 1.54) is 13.1 Å². The molecule has 1 fully saturated rings. The predicted molar refractivity (Wildman–Crippen MR) is 83.0 cm³/mol. The highest BCUT2D eigenvalue weighted by Crippen LogP contribution is 2.26. The molecule has 1 aliphatic rings. The number of oxime groups is 1. The summed E-state index contributed by atoms with van der Waals surface area (Å²) >= 11 is 0. The molecule has 1 aliphatic heterocycles. The van der Waals surface area contributed by atoms with Gasteiger partial charge in [0.2, 0.25) is 5.91 Å². The number of hydrogen-bond acceptors (Lipinski definition) is 5. The Kier molecular flexibility index (Phi) is 7.31. The van der Waals surface area contributed by atoms with Gasteiger partial charge in [0, 0.05) is 31.1 Å². The topological polar surface area (TPSA) is 111 Å². The van der Waals surface area contributed by atoms with Crippen LogP contribution in [-0.4, -0.2) is 46.5 Å². The summed E-state index contributed by atoms with van der Waals surface area (Å²) in [7, 11) is 0. The number of nitrogens with zero attached hydrogens (tertiary/aromatic N) is 1. The first-order valence-corrected chi connectivity index (χ1v) is 7.86. The zero-order valence-corrected chi connectivity index (χ0v) is 13.5. The lowest BCUT2D eigenvalue weighted by Gasteiger charge is -2.30. The van der Waals surface area contributed by atoms with E-state index in [9.17, 15) is 14.7 Å². The van der Waals surface area contributed by atoms with E-state index in [1.807, 2.05) is 0 Å². The summed E-state index contributed by atoms with van der Waals surface area (Å²) in [5.41, 5.74) is 0. The maximum Gasteiger partial charge on any atom is 0.320 e. The number of carboxylic acids is 1. The van der Waals surface area contributed by atoms with Gasteiger partial charge < -0.3 is 15.6 Å². The summed E-state index contributed by atoms with van der Waals surface area (Å²) in [4.78, 5) is 22.7. The highest BCUT2D eigenvalue weighted by Gasteiger charge is 2.41. The van der Waals surface area contributed by atoms with Crippen LogP contribution < -0.4 is 10.6 Å². The Morgan fingerprint density at radius 1 is 1.41 bits per heavy atom. The normalized spacial score (nSPS) is 26.5. The average Bonchev–Trinajstić information content (AvgIpc) is 2.87. The van der Waals surface area contributed by atoms with Crippen molar-refractivity contribution in [2.75, 3.05) is 0 Å². The molecule has 0 spiro atoms. The van der Waals surface area contributed by atoms with E-state index in [1.54, 1.807) is 0 Å². The Morgan fingerprint density at radius 3 is 2.50 bits per heavy atom. The largest absolute Gasteiger partial charge is 0.480 e. The minimum absolute atomic E-state index is 0.142. The number of amides is 1. The zero-order chi connectivity index (χ0) is 16.7. The van der Waals surface area contributed by atoms with Crippen molar-refractivity contribution < 1.29 is 19.9 Å². The quantitative estimate of drug-likeness (QED) is 0.306. The number of rotatable bonds is 8. The number of carbonyl (C=O) groups excluding carboxylic acids is 1. The molecule has 0 aromatic rings. The fourth-order valence-electron chi connectivity index (χ4n) is 3.21. The number of carboxylic acid groups (broad SMARTS) is 1. The van der Waals surface area contributed by atoms with Crippen molar-refractivity contribution in [3.63, 3.8) is 0 Å². The van der Waals surface area contributed by atoms with Crippen LogP contribution in [0.3, 0.4) is 0 Å². The van der Waals surface area contributed by atoms with Crippen molar-refractivity contribution in [3.8, 4) is 0 Å². The van der Waals surface area contributed by atoms with Gasteiger partial charge in [0.1, 0.15) is 6.04 Å². The van der Waals surface area contributed by atoms with Crippen molar-refractivity contribution in [2.24, 2.45) is 17.0 Å². The van der Waals surface area contributed by atoms with Crippen molar-refractivity contribution in [1.82, 2.24) is 10.6 Å². The van der Waals surface area contributed by atoms with Gasteiger partial charge in [-0.05, 0) is 18.8 Å². The summed E-state index contributed by atoms with van der Waals surface area (Å²) in [6.45, 7) is 5.67. The van der Waals surface area contributed by atoms with Crippen LogP contribution in [0.15, 0.2) is 5.16 Å². The Bertz CT molecular complexity index is 410. The van der Waals surface area contributed by atoms with E-state index in [-0.39, 0.29) is 23.9 Å². The minimum atomic E-state index is -0.928. The van der Waals surface area contributed by atoms with E-state index in [4.69, 9.17) is 5.21 Å². The van der Waals surface area contributed by atoms with Crippen LogP contribution in [0, 0.1) is 11.8 Å². The lowest BCUT2D eigenvalue weighted by atomic mass is 9.86. The Labute approximate surface area is 131 Å². The number of hydrogen-bond donors (Lipinski definition) is 4. The highest BCUT2D eigenvalue weighted by molar-refractivity contribution is 5.76. The van der Waals surface area contributed by atoms with E-state index < -0.39 is 12.0 Å². The van der Waals surface area contributed by atoms with Crippen molar-refractivity contribution >= 4 is 18.1 Å². The number of aliphatic carboxylic acids is 1. The molecule has 126 valence electrons. The molecular weight excluding hydrogens is 286 g/mol. The molecular formula is C15H27N3O4. The standard InChI is InChI=1S/C15H27N3O4/c1-4-10(5-2)6-12(17-9(3)19)14-11(8-16-22)7-13(18-14)15(20)21/h8,10-14,18,22H,4-7H2,1-3H3,(H,17,19)(H,20,21)/t11-,12-,13+,14+/m0/s1. The maximum absolute atomic E-state index is 11.5. The first-order valence-electron chi connectivity index (χ1n) is 7.86. The van der Waals surface area contributed by atoms with E-state index in [0.29, 0.717) is 12.3 Å². The fraction of sp³-hybridized carbons (Fsp3) is 0.800. The number of carbonyl (C=O) groups is 2. The molecule has 22 heavy (non-hydrogen) atoms. The number of nitrogens with one attached hydrogen (secondary N) is 2. The van der Waals surface area contributed by atoms with Gasteiger partial charge >= 0.3 is 5.97 Å². The maximum atomic E-state index is 11.5. The van der Waals surface area contributed by atoms with Gasteiger partial charge in [0.05, 0.1) is 0 Å². The van der Waals surface area contributed by atoms with Gasteiger partial charge in [0.15, 0.2) is 0 Å². The van der Waals surface area contributed by atoms with Crippen LogP contribution in [0.2, 0.25) is 0 Å². The van der Waals surface area contributed by atoms with Crippen LogP contribution in [0.1, 0.15) is 46.5 Å². The monoisotopic (exact) mass is 313 g/mol. The molecule has 0 aliphatic carbocycles. The third-order valence-corrected chi connectivity index (χ3v) is 4.48. The van der Waals surface area contributed by atoms with Crippen molar-refractivity contribution in [1.29, 1.82) is 0 Å². The van der Waals surface area contributed by atoms with Gasteiger partial charge in [-0.3, -0.25) is 14.9 Å². The van der Waals surface area contributed by atoms with Gasteiger partial charge in [-0.2, -0.15) is 0 Å². The molecule has 0 bridgehead atoms. The second-order valence-electron chi connectivity index (χ2n) is 5.97. The van der Waals surface area contributed by atoms with Crippen LogP contribution in [0.25, 0.3) is 0 Å². The van der Waals surface area contributed by atoms with Gasteiger partial charge in [0.25, 0.3) is 0 Å². The molecule has 0 radical (unpaired) electrons. The highest BCUT2D eigenvalue weighted by atomic mass is 16.4. The molecule has 1 rings (SSSR count). The van der Waals surface area contributed by atoms with Crippen LogP contribution >= 0.6 is 0 Å². The smallest absolute Gasteiger partial charge is 0.320 e. The summed E-state index contributed by atoms with van der Waals surface area (Å²) in [6, 6.07) is -1.12. The SMILES string of the molecule is CCC(CC)C[C@H](NC(C)=O)[C@@H]1N[C@@H](C(=O)O)C[C@H]1C=NO. The fourth-order valence-corrected chi connectivity index (χ4v) is 3.21.